The van der Waals surface area contributed by atoms with E-state index in [0.717, 1.165) is 11.8 Å². The van der Waals surface area contributed by atoms with Crippen LogP contribution in [0.5, 0.6) is 0 Å². The van der Waals surface area contributed by atoms with Crippen molar-refractivity contribution in [3.8, 4) is 0 Å². The summed E-state index contributed by atoms with van der Waals surface area (Å²) in [5, 5.41) is 13.0. The molecule has 0 bridgehead atoms. The molecular weight excluding hydrogens is 297 g/mol. The van der Waals surface area contributed by atoms with Crippen LogP contribution < -0.4 is 5.32 Å². The molecule has 2 rings (SSSR count). The predicted octanol–water partition coefficient (Wildman–Crippen LogP) is 3.02. The van der Waals surface area contributed by atoms with Crippen LogP contribution in [0.3, 0.4) is 0 Å². The number of carboxylic acids is 1. The number of aliphatic carboxylic acids is 1. The van der Waals surface area contributed by atoms with Crippen molar-refractivity contribution in [3.63, 3.8) is 0 Å². The summed E-state index contributed by atoms with van der Waals surface area (Å²) >= 11 is 12.8. The van der Waals surface area contributed by atoms with Gasteiger partial charge in [-0.3, -0.25) is 4.79 Å². The molecule has 0 unspecified atom stereocenters. The van der Waals surface area contributed by atoms with E-state index in [9.17, 15) is 9.59 Å². The van der Waals surface area contributed by atoms with Gasteiger partial charge in [-0.25, -0.2) is 4.79 Å². The Morgan fingerprint density at radius 1 is 1.28 bits per heavy atom. The van der Waals surface area contributed by atoms with Gasteiger partial charge in [0.1, 0.15) is 5.57 Å². The van der Waals surface area contributed by atoms with E-state index < -0.39 is 11.8 Å². The van der Waals surface area contributed by atoms with Crippen molar-refractivity contribution in [3.05, 3.63) is 38.8 Å². The van der Waals surface area contributed by atoms with Crippen molar-refractivity contribution < 1.29 is 14.7 Å². The summed E-state index contributed by atoms with van der Waals surface area (Å²) in [7, 11) is 0. The topological polar surface area (TPSA) is 66.4 Å². The van der Waals surface area contributed by atoms with Crippen molar-refractivity contribution in [2.45, 2.75) is 0 Å². The molecule has 0 saturated carbocycles. The minimum absolute atomic E-state index is 0.123. The third kappa shape index (κ3) is 2.80. The molecule has 0 amide bonds. The van der Waals surface area contributed by atoms with Crippen LogP contribution >= 0.6 is 35.0 Å². The number of carboxylic acid groups (broad SMARTS) is 1. The lowest BCUT2D eigenvalue weighted by atomic mass is 10.2. The van der Waals surface area contributed by atoms with Crippen molar-refractivity contribution in [2.24, 2.45) is 0 Å². The Bertz CT molecular complexity index is 551. The van der Waals surface area contributed by atoms with Crippen LogP contribution in [0.2, 0.25) is 10.0 Å². The van der Waals surface area contributed by atoms with E-state index in [4.69, 9.17) is 28.3 Å². The number of carbonyl (C=O) groups is 2. The molecule has 18 heavy (non-hydrogen) atoms. The van der Waals surface area contributed by atoms with Gasteiger partial charge in [-0.1, -0.05) is 35.0 Å². The summed E-state index contributed by atoms with van der Waals surface area (Å²) in [6, 6.07) is 4.76. The van der Waals surface area contributed by atoms with Crippen molar-refractivity contribution >= 4 is 52.4 Å². The average Bonchev–Trinajstić information content (AvgIpc) is 2.57. The number of hydrogen-bond donors (Lipinski definition) is 2. The Morgan fingerprint density at radius 3 is 2.44 bits per heavy atom. The number of nitrogens with one attached hydrogen (secondary N) is 1. The van der Waals surface area contributed by atoms with Crippen molar-refractivity contribution in [1.82, 2.24) is 0 Å². The molecule has 0 spiro atoms. The first-order chi connectivity index (χ1) is 8.47. The summed E-state index contributed by atoms with van der Waals surface area (Å²) < 4.78 is 0. The van der Waals surface area contributed by atoms with Crippen LogP contribution in [0, 0.1) is 0 Å². The highest BCUT2D eigenvalue weighted by atomic mass is 35.5. The molecule has 2 N–H and O–H groups in total. The summed E-state index contributed by atoms with van der Waals surface area (Å²) in [5.41, 5.74) is 0.319. The zero-order valence-corrected chi connectivity index (χ0v) is 11.2. The maximum atomic E-state index is 11.4. The molecular formula is C11H7Cl2NO3S. The molecule has 4 nitrogen and oxygen atoms in total. The number of hydrogen-bond acceptors (Lipinski definition) is 4. The van der Waals surface area contributed by atoms with Gasteiger partial charge < -0.3 is 10.4 Å². The van der Waals surface area contributed by atoms with Gasteiger partial charge >= 0.3 is 5.97 Å². The monoisotopic (exact) mass is 303 g/mol. The summed E-state index contributed by atoms with van der Waals surface area (Å²) in [6.07, 6.45) is 0. The first-order valence-corrected chi connectivity index (χ1v) is 6.58. The molecule has 94 valence electrons. The third-order valence-electron chi connectivity index (χ3n) is 2.19. The predicted molar refractivity (Wildman–Crippen MR) is 72.2 cm³/mol. The second kappa shape index (κ2) is 5.22. The number of anilines is 1. The molecule has 1 aromatic carbocycles. The molecule has 1 aliphatic heterocycles. The lowest BCUT2D eigenvalue weighted by molar-refractivity contribution is -0.134. The SMILES string of the molecule is O=C(O)C1=C(Nc2cc(Cl)cc(Cl)c2)SCC1=O. The Hall–Kier alpha value is -1.17. The van der Waals surface area contributed by atoms with E-state index in [-0.39, 0.29) is 11.3 Å². The van der Waals surface area contributed by atoms with Gasteiger partial charge in [0.05, 0.1) is 10.8 Å². The lowest BCUT2D eigenvalue weighted by Gasteiger charge is -2.08. The normalized spacial score (nSPS) is 15.1. The minimum atomic E-state index is -1.24. The largest absolute Gasteiger partial charge is 0.477 e. The van der Waals surface area contributed by atoms with Gasteiger partial charge in [0.15, 0.2) is 5.78 Å². The van der Waals surface area contributed by atoms with E-state index in [2.05, 4.69) is 5.32 Å². The fourth-order valence-corrected chi connectivity index (χ4v) is 2.96. The van der Waals surface area contributed by atoms with Crippen LogP contribution in [-0.4, -0.2) is 22.6 Å². The van der Waals surface area contributed by atoms with Crippen LogP contribution in [-0.2, 0) is 9.59 Å². The molecule has 0 aliphatic carbocycles. The molecule has 1 aromatic rings. The molecule has 7 heteroatoms. The number of Topliss-reactive ketones (excluding diaryl/α,β-unsaturated/α-hetero) is 1. The highest BCUT2D eigenvalue weighted by Gasteiger charge is 2.29. The molecule has 1 aliphatic rings. The van der Waals surface area contributed by atoms with Gasteiger partial charge in [0, 0.05) is 15.7 Å². The highest BCUT2D eigenvalue weighted by molar-refractivity contribution is 8.04. The molecule has 1 heterocycles. The minimum Gasteiger partial charge on any atom is -0.477 e. The standard InChI is InChI=1S/C11H7Cl2NO3S/c12-5-1-6(13)3-7(2-5)14-10-9(11(16)17)8(15)4-18-10/h1-3,14H,4H2,(H,16,17). The van der Waals surface area contributed by atoms with Gasteiger partial charge in [-0.2, -0.15) is 0 Å². The van der Waals surface area contributed by atoms with Crippen LogP contribution in [0.25, 0.3) is 0 Å². The third-order valence-corrected chi connectivity index (χ3v) is 3.63. The Labute approximate surface area is 117 Å². The highest BCUT2D eigenvalue weighted by Crippen LogP contribution is 2.32. The maximum Gasteiger partial charge on any atom is 0.342 e. The summed E-state index contributed by atoms with van der Waals surface area (Å²) in [6.45, 7) is 0. The number of benzene rings is 1. The van der Waals surface area contributed by atoms with Crippen LogP contribution in [0.15, 0.2) is 28.8 Å². The molecule has 0 fully saturated rings. The number of ketones is 1. The van der Waals surface area contributed by atoms with Crippen LogP contribution in [0.1, 0.15) is 0 Å². The van der Waals surface area contributed by atoms with E-state index in [1.165, 1.54) is 0 Å². The van der Waals surface area contributed by atoms with E-state index in [0.29, 0.717) is 20.8 Å². The quantitative estimate of drug-likeness (QED) is 0.840. The zero-order valence-electron chi connectivity index (χ0n) is 8.87. The maximum absolute atomic E-state index is 11.4. The Balaban J connectivity index is 2.33. The number of halogens is 2. The Kier molecular flexibility index (Phi) is 3.85. The molecule has 0 saturated heterocycles. The Morgan fingerprint density at radius 2 is 1.89 bits per heavy atom. The van der Waals surface area contributed by atoms with Gasteiger partial charge in [-0.15, -0.1) is 0 Å². The lowest BCUT2D eigenvalue weighted by Crippen LogP contribution is -2.12. The number of thioether (sulfide) groups is 1. The molecule has 0 radical (unpaired) electrons. The number of rotatable bonds is 3. The van der Waals surface area contributed by atoms with Crippen molar-refractivity contribution in [2.75, 3.05) is 11.1 Å². The smallest absolute Gasteiger partial charge is 0.342 e. The van der Waals surface area contributed by atoms with E-state index in [1.54, 1.807) is 18.2 Å². The van der Waals surface area contributed by atoms with Gasteiger partial charge in [0.25, 0.3) is 0 Å². The van der Waals surface area contributed by atoms with Crippen molar-refractivity contribution in [1.29, 1.82) is 0 Å². The fourth-order valence-electron chi connectivity index (χ4n) is 1.48. The second-order valence-electron chi connectivity index (χ2n) is 3.50. The van der Waals surface area contributed by atoms with Gasteiger partial charge in [-0.05, 0) is 18.2 Å². The molecule has 0 atom stereocenters. The summed E-state index contributed by atoms with van der Waals surface area (Å²) in [5.74, 6) is -1.51. The number of carbonyl (C=O) groups excluding carboxylic acids is 1. The van der Waals surface area contributed by atoms with Crippen LogP contribution in [0.4, 0.5) is 5.69 Å². The zero-order chi connectivity index (χ0) is 13.3. The second-order valence-corrected chi connectivity index (χ2v) is 5.36. The molecule has 0 aromatic heterocycles. The van der Waals surface area contributed by atoms with E-state index in [1.807, 2.05) is 0 Å². The van der Waals surface area contributed by atoms with E-state index >= 15 is 0 Å². The van der Waals surface area contributed by atoms with Gasteiger partial charge in [0.2, 0.25) is 0 Å². The average molecular weight is 304 g/mol. The first kappa shape index (κ1) is 13.3. The summed E-state index contributed by atoms with van der Waals surface area (Å²) in [4.78, 5) is 22.4. The fraction of sp³-hybridized carbons (Fsp3) is 0.0909. The first-order valence-electron chi connectivity index (χ1n) is 4.84.